The monoisotopic (exact) mass is 255 g/mol. The van der Waals surface area contributed by atoms with E-state index < -0.39 is 5.97 Å². The molecule has 0 aliphatic heterocycles. The first-order valence-electron chi connectivity index (χ1n) is 5.92. The Morgan fingerprint density at radius 1 is 0.950 bits per heavy atom. The van der Waals surface area contributed by atoms with Gasteiger partial charge in [0, 0.05) is 16.5 Å². The number of aromatic nitrogens is 1. The van der Waals surface area contributed by atoms with Crippen LogP contribution in [0.3, 0.4) is 0 Å². The van der Waals surface area contributed by atoms with E-state index in [-0.39, 0.29) is 24.4 Å². The zero-order chi connectivity index (χ0) is 13.2. The first-order valence-corrected chi connectivity index (χ1v) is 5.92. The number of carbonyl (C=O) groups excluding carboxylic acids is 1. The van der Waals surface area contributed by atoms with Crippen LogP contribution in [0.1, 0.15) is 10.4 Å². The fourth-order valence-corrected chi connectivity index (χ4v) is 2.10. The standard InChI is InChI=1S/C16H11NO2.Li/c18-16(19)13-10-15(11-6-2-1-3-7-11)17-14-9-5-4-8-12(13)14;/h1-10H,(H,18,19);/q;+1/p-1. The van der Waals surface area contributed by atoms with Gasteiger partial charge < -0.3 is 9.90 Å². The molecule has 0 aliphatic rings. The van der Waals surface area contributed by atoms with Gasteiger partial charge in [-0.05, 0) is 12.1 Å². The van der Waals surface area contributed by atoms with Crippen molar-refractivity contribution >= 4 is 16.9 Å². The van der Waals surface area contributed by atoms with Gasteiger partial charge in [0.15, 0.2) is 0 Å². The summed E-state index contributed by atoms with van der Waals surface area (Å²) >= 11 is 0. The molecule has 0 N–H and O–H groups in total. The van der Waals surface area contributed by atoms with Crippen molar-refractivity contribution in [3.05, 3.63) is 66.2 Å². The fraction of sp³-hybridized carbons (Fsp3) is 0. The number of para-hydroxylation sites is 1. The molecule has 0 radical (unpaired) electrons. The molecule has 0 aliphatic carbocycles. The van der Waals surface area contributed by atoms with Crippen molar-refractivity contribution in [1.29, 1.82) is 0 Å². The Morgan fingerprint density at radius 2 is 1.60 bits per heavy atom. The van der Waals surface area contributed by atoms with Crippen molar-refractivity contribution in [3.8, 4) is 11.3 Å². The van der Waals surface area contributed by atoms with Crippen LogP contribution < -0.4 is 24.0 Å². The maximum absolute atomic E-state index is 11.3. The number of aromatic carboxylic acids is 1. The normalized spacial score (nSPS) is 10.0. The minimum absolute atomic E-state index is 0. The summed E-state index contributed by atoms with van der Waals surface area (Å²) in [4.78, 5) is 15.8. The van der Waals surface area contributed by atoms with E-state index in [0.29, 0.717) is 16.6 Å². The smallest absolute Gasteiger partial charge is 0.545 e. The van der Waals surface area contributed by atoms with Gasteiger partial charge in [0.1, 0.15) is 0 Å². The number of pyridine rings is 1. The van der Waals surface area contributed by atoms with Crippen LogP contribution in [-0.2, 0) is 0 Å². The molecule has 92 valence electrons. The largest absolute Gasteiger partial charge is 1.00 e. The first-order chi connectivity index (χ1) is 9.25. The van der Waals surface area contributed by atoms with E-state index in [9.17, 15) is 9.90 Å². The van der Waals surface area contributed by atoms with E-state index in [1.165, 1.54) is 0 Å². The Balaban J connectivity index is 0.00000147. The van der Waals surface area contributed by atoms with Crippen molar-refractivity contribution in [2.24, 2.45) is 0 Å². The van der Waals surface area contributed by atoms with Crippen LogP contribution in [0.4, 0.5) is 0 Å². The number of hydrogen-bond donors (Lipinski definition) is 0. The van der Waals surface area contributed by atoms with E-state index >= 15 is 0 Å². The first kappa shape index (κ1) is 14.3. The third-order valence-corrected chi connectivity index (χ3v) is 3.01. The van der Waals surface area contributed by atoms with Gasteiger partial charge in [0.05, 0.1) is 17.2 Å². The van der Waals surface area contributed by atoms with Gasteiger partial charge >= 0.3 is 18.9 Å². The molecule has 3 nitrogen and oxygen atoms in total. The second-order valence-corrected chi connectivity index (χ2v) is 4.23. The van der Waals surface area contributed by atoms with Gasteiger partial charge in [-0.25, -0.2) is 4.98 Å². The number of nitrogens with zero attached hydrogens (tertiary/aromatic N) is 1. The van der Waals surface area contributed by atoms with Crippen molar-refractivity contribution in [1.82, 2.24) is 4.98 Å². The van der Waals surface area contributed by atoms with Crippen LogP contribution in [0, 0.1) is 0 Å². The molecule has 0 unspecified atom stereocenters. The zero-order valence-electron chi connectivity index (χ0n) is 11.0. The molecule has 20 heavy (non-hydrogen) atoms. The average Bonchev–Trinajstić information content (AvgIpc) is 2.47. The minimum atomic E-state index is -1.18. The van der Waals surface area contributed by atoms with Crippen LogP contribution in [0.2, 0.25) is 0 Å². The third kappa shape index (κ3) is 2.60. The molecule has 0 saturated heterocycles. The molecule has 0 fully saturated rings. The fourth-order valence-electron chi connectivity index (χ4n) is 2.10. The second-order valence-electron chi connectivity index (χ2n) is 4.23. The maximum Gasteiger partial charge on any atom is 1.00 e. The molecule has 0 spiro atoms. The van der Waals surface area contributed by atoms with E-state index in [4.69, 9.17) is 0 Å². The second kappa shape index (κ2) is 5.92. The maximum atomic E-state index is 11.3. The number of rotatable bonds is 2. The van der Waals surface area contributed by atoms with Gasteiger partial charge in [-0.1, -0.05) is 48.5 Å². The van der Waals surface area contributed by atoms with Crippen molar-refractivity contribution in [2.45, 2.75) is 0 Å². The van der Waals surface area contributed by atoms with Gasteiger partial charge in [0.25, 0.3) is 0 Å². The summed E-state index contributed by atoms with van der Waals surface area (Å²) in [6.07, 6.45) is 0. The van der Waals surface area contributed by atoms with E-state index in [1.54, 1.807) is 24.3 Å². The summed E-state index contributed by atoms with van der Waals surface area (Å²) < 4.78 is 0. The molecular weight excluding hydrogens is 245 g/mol. The van der Waals surface area contributed by atoms with Crippen LogP contribution >= 0.6 is 0 Å². The molecule has 1 heterocycles. The Labute approximate surface area is 128 Å². The van der Waals surface area contributed by atoms with Crippen molar-refractivity contribution < 1.29 is 28.8 Å². The summed E-state index contributed by atoms with van der Waals surface area (Å²) in [5.74, 6) is -1.18. The molecule has 0 amide bonds. The van der Waals surface area contributed by atoms with Crippen LogP contribution in [0.5, 0.6) is 0 Å². The van der Waals surface area contributed by atoms with E-state index in [1.807, 2.05) is 36.4 Å². The summed E-state index contributed by atoms with van der Waals surface area (Å²) in [6, 6.07) is 18.2. The Morgan fingerprint density at radius 3 is 2.30 bits per heavy atom. The van der Waals surface area contributed by atoms with Gasteiger partial charge in [-0.2, -0.15) is 0 Å². The Bertz CT molecular complexity index is 757. The molecule has 0 atom stereocenters. The number of carboxylic acid groups (broad SMARTS) is 1. The van der Waals surface area contributed by atoms with Gasteiger partial charge in [-0.3, -0.25) is 0 Å². The number of carboxylic acids is 1. The van der Waals surface area contributed by atoms with Crippen LogP contribution in [-0.4, -0.2) is 11.0 Å². The van der Waals surface area contributed by atoms with Gasteiger partial charge in [0.2, 0.25) is 0 Å². The Hall–Kier alpha value is -2.08. The third-order valence-electron chi connectivity index (χ3n) is 3.01. The average molecular weight is 255 g/mol. The number of benzene rings is 2. The van der Waals surface area contributed by atoms with Crippen LogP contribution in [0.15, 0.2) is 60.7 Å². The summed E-state index contributed by atoms with van der Waals surface area (Å²) in [7, 11) is 0. The van der Waals surface area contributed by atoms with Crippen molar-refractivity contribution in [3.63, 3.8) is 0 Å². The minimum Gasteiger partial charge on any atom is -0.545 e. The predicted octanol–water partition coefficient (Wildman–Crippen LogP) is -0.731. The molecular formula is C16H10LiNO2. The molecule has 2 aromatic carbocycles. The summed E-state index contributed by atoms with van der Waals surface area (Å²) in [5, 5.41) is 11.9. The molecule has 3 aromatic rings. The van der Waals surface area contributed by atoms with Crippen molar-refractivity contribution in [2.75, 3.05) is 0 Å². The van der Waals surface area contributed by atoms with Gasteiger partial charge in [-0.15, -0.1) is 0 Å². The Kier molecular flexibility index (Phi) is 4.24. The number of carbonyl (C=O) groups is 1. The molecule has 0 bridgehead atoms. The topological polar surface area (TPSA) is 53.0 Å². The zero-order valence-corrected chi connectivity index (χ0v) is 11.0. The quantitative estimate of drug-likeness (QED) is 0.567. The molecule has 4 heteroatoms. The number of hydrogen-bond acceptors (Lipinski definition) is 3. The van der Waals surface area contributed by atoms with E-state index in [0.717, 1.165) is 5.56 Å². The molecule has 1 aromatic heterocycles. The van der Waals surface area contributed by atoms with Crippen LogP contribution in [0.25, 0.3) is 22.2 Å². The van der Waals surface area contributed by atoms with E-state index in [2.05, 4.69) is 4.98 Å². The summed E-state index contributed by atoms with van der Waals surface area (Å²) in [5.41, 5.74) is 2.35. The SMILES string of the molecule is O=C([O-])c1cc(-c2ccccc2)nc2ccccc12.[Li+]. The number of fused-ring (bicyclic) bond motifs is 1. The predicted molar refractivity (Wildman–Crippen MR) is 71.5 cm³/mol. The molecule has 0 saturated carbocycles. The summed E-state index contributed by atoms with van der Waals surface area (Å²) in [6.45, 7) is 0. The molecule has 3 rings (SSSR count).